The summed E-state index contributed by atoms with van der Waals surface area (Å²) >= 11 is 6.04. The first-order valence-electron chi connectivity index (χ1n) is 9.79. The zero-order valence-electron chi connectivity index (χ0n) is 17.9. The van der Waals surface area contributed by atoms with Gasteiger partial charge >= 0.3 is 12.1 Å². The van der Waals surface area contributed by atoms with Gasteiger partial charge in [0.25, 0.3) is 0 Å². The summed E-state index contributed by atoms with van der Waals surface area (Å²) < 4.78 is 10.7. The average molecular weight is 461 g/mol. The van der Waals surface area contributed by atoms with Crippen LogP contribution in [0.25, 0.3) is 0 Å². The molecular weight excluding hydrogens is 436 g/mol. The van der Waals surface area contributed by atoms with Gasteiger partial charge in [-0.05, 0) is 50.8 Å². The second-order valence-electron chi connectivity index (χ2n) is 6.83. The van der Waals surface area contributed by atoms with Crippen molar-refractivity contribution < 1.29 is 19.1 Å². The number of hydrogen-bond acceptors (Lipinski definition) is 7. The molecule has 170 valence electrons. The van der Waals surface area contributed by atoms with Crippen LogP contribution in [-0.2, 0) is 4.74 Å². The second kappa shape index (κ2) is 13.0. The maximum atomic E-state index is 12.3. The molecule has 2 rings (SSSR count). The Morgan fingerprint density at radius 2 is 2.00 bits per heavy atom. The number of aromatic nitrogens is 1. The number of alkyl carbamates (subject to hydrolysis) is 1. The van der Waals surface area contributed by atoms with Gasteiger partial charge in [-0.2, -0.15) is 5.26 Å². The number of carbonyl (C=O) groups excluding carboxylic acids is 2. The van der Waals surface area contributed by atoms with Crippen LogP contribution in [0, 0.1) is 11.3 Å². The number of rotatable bonds is 10. The zero-order chi connectivity index (χ0) is 23.3. The summed E-state index contributed by atoms with van der Waals surface area (Å²) in [6, 6.07) is 9.31. The number of anilines is 2. The van der Waals surface area contributed by atoms with Crippen LogP contribution in [0.1, 0.15) is 12.0 Å². The molecule has 1 heterocycles. The number of ether oxygens (including phenoxy) is 2. The van der Waals surface area contributed by atoms with E-state index in [0.717, 1.165) is 0 Å². The van der Waals surface area contributed by atoms with E-state index in [1.807, 2.05) is 25.1 Å². The van der Waals surface area contributed by atoms with Gasteiger partial charge in [-0.25, -0.2) is 14.6 Å². The molecular formula is C21H25ClN6O4. The molecule has 0 bridgehead atoms. The van der Waals surface area contributed by atoms with Gasteiger partial charge in [-0.1, -0.05) is 11.6 Å². The molecule has 0 aliphatic carbocycles. The molecule has 0 aliphatic heterocycles. The number of nitrogens with zero attached hydrogens (tertiary/aromatic N) is 3. The van der Waals surface area contributed by atoms with E-state index in [1.54, 1.807) is 24.3 Å². The van der Waals surface area contributed by atoms with Crippen molar-refractivity contribution in [1.29, 1.82) is 5.26 Å². The van der Waals surface area contributed by atoms with Crippen molar-refractivity contribution in [2.24, 2.45) is 0 Å². The van der Waals surface area contributed by atoms with Crippen LogP contribution in [0.2, 0.25) is 5.02 Å². The standard InChI is InChI=1S/C21H25ClN6O4/c1-28(2)9-11-32-21(30)24-8-3-10-31-18-6-5-16(22)12-17(18)26-20(29)27-19-7-4-15(13-23)14-25-19/h4-7,12,14H,3,8-11H2,1-2H3,(H,24,30)(H2,25,26,27,29). The summed E-state index contributed by atoms with van der Waals surface area (Å²) in [5.74, 6) is 0.709. The summed E-state index contributed by atoms with van der Waals surface area (Å²) in [5, 5.41) is 17.1. The van der Waals surface area contributed by atoms with Crippen LogP contribution < -0.4 is 20.7 Å². The van der Waals surface area contributed by atoms with Crippen LogP contribution in [0.15, 0.2) is 36.5 Å². The third-order valence-corrected chi connectivity index (χ3v) is 4.18. The molecule has 0 radical (unpaired) electrons. The number of nitrogens with one attached hydrogen (secondary N) is 3. The normalized spacial score (nSPS) is 10.2. The van der Waals surface area contributed by atoms with E-state index in [9.17, 15) is 9.59 Å². The minimum atomic E-state index is -0.545. The number of nitriles is 1. The third kappa shape index (κ3) is 9.07. The Hall–Kier alpha value is -3.55. The Balaban J connectivity index is 1.80. The second-order valence-corrected chi connectivity index (χ2v) is 7.27. The largest absolute Gasteiger partial charge is 0.491 e. The molecule has 0 spiro atoms. The lowest BCUT2D eigenvalue weighted by atomic mass is 10.3. The molecule has 3 amide bonds. The molecule has 3 N–H and O–H groups in total. The van der Waals surface area contributed by atoms with Crippen LogP contribution in [0.4, 0.5) is 21.1 Å². The number of carbonyl (C=O) groups is 2. The summed E-state index contributed by atoms with van der Waals surface area (Å²) in [6.07, 6.45) is 1.41. The quantitative estimate of drug-likeness (QED) is 0.464. The minimum Gasteiger partial charge on any atom is -0.491 e. The number of pyridine rings is 1. The first-order chi connectivity index (χ1) is 15.4. The summed E-state index contributed by atoms with van der Waals surface area (Å²) in [7, 11) is 3.79. The van der Waals surface area contributed by atoms with Crippen molar-refractivity contribution >= 4 is 35.2 Å². The van der Waals surface area contributed by atoms with E-state index >= 15 is 0 Å². The van der Waals surface area contributed by atoms with Gasteiger partial charge in [-0.15, -0.1) is 0 Å². The van der Waals surface area contributed by atoms with Crippen LogP contribution in [-0.4, -0.2) is 62.4 Å². The maximum Gasteiger partial charge on any atom is 0.407 e. The first-order valence-corrected chi connectivity index (χ1v) is 10.2. The fraction of sp³-hybridized carbons (Fsp3) is 0.333. The third-order valence-electron chi connectivity index (χ3n) is 3.94. The fourth-order valence-corrected chi connectivity index (χ4v) is 2.52. The molecule has 0 atom stereocenters. The van der Waals surface area contributed by atoms with Crippen molar-refractivity contribution in [1.82, 2.24) is 15.2 Å². The highest BCUT2D eigenvalue weighted by atomic mass is 35.5. The Labute approximate surface area is 191 Å². The van der Waals surface area contributed by atoms with E-state index in [4.69, 9.17) is 26.3 Å². The predicted molar refractivity (Wildman–Crippen MR) is 121 cm³/mol. The van der Waals surface area contributed by atoms with Gasteiger partial charge < -0.3 is 25.0 Å². The molecule has 1 aromatic heterocycles. The first kappa shape index (κ1) is 24.7. The molecule has 1 aromatic carbocycles. The van der Waals surface area contributed by atoms with E-state index in [2.05, 4.69) is 20.9 Å². The van der Waals surface area contributed by atoms with Crippen molar-refractivity contribution in [2.45, 2.75) is 6.42 Å². The number of likely N-dealkylation sites (N-methyl/N-ethyl adjacent to an activating group) is 1. The fourth-order valence-electron chi connectivity index (χ4n) is 2.35. The molecule has 0 saturated carbocycles. The number of hydrogen-bond donors (Lipinski definition) is 3. The Morgan fingerprint density at radius 3 is 2.69 bits per heavy atom. The van der Waals surface area contributed by atoms with Crippen molar-refractivity contribution in [2.75, 3.05) is 51.0 Å². The maximum absolute atomic E-state index is 12.3. The topological polar surface area (TPSA) is 129 Å². The monoisotopic (exact) mass is 460 g/mol. The highest BCUT2D eigenvalue weighted by Crippen LogP contribution is 2.28. The molecule has 0 aliphatic rings. The van der Waals surface area contributed by atoms with Crippen LogP contribution >= 0.6 is 11.6 Å². The molecule has 0 fully saturated rings. The smallest absolute Gasteiger partial charge is 0.407 e. The Morgan fingerprint density at radius 1 is 1.19 bits per heavy atom. The molecule has 11 heteroatoms. The molecule has 0 unspecified atom stereocenters. The van der Waals surface area contributed by atoms with Gasteiger partial charge in [0.1, 0.15) is 24.2 Å². The van der Waals surface area contributed by atoms with Gasteiger partial charge in [0.2, 0.25) is 0 Å². The predicted octanol–water partition coefficient (Wildman–Crippen LogP) is 3.31. The van der Waals surface area contributed by atoms with E-state index < -0.39 is 12.1 Å². The van der Waals surface area contributed by atoms with Gasteiger partial charge in [-0.3, -0.25) is 5.32 Å². The summed E-state index contributed by atoms with van der Waals surface area (Å²) in [4.78, 5) is 29.8. The van der Waals surface area contributed by atoms with Gasteiger partial charge in [0.15, 0.2) is 0 Å². The van der Waals surface area contributed by atoms with Gasteiger partial charge in [0, 0.05) is 24.3 Å². The van der Waals surface area contributed by atoms with Crippen LogP contribution in [0.5, 0.6) is 5.75 Å². The molecule has 10 nitrogen and oxygen atoms in total. The lowest BCUT2D eigenvalue weighted by Crippen LogP contribution is -2.29. The zero-order valence-corrected chi connectivity index (χ0v) is 18.6. The van der Waals surface area contributed by atoms with Gasteiger partial charge in [0.05, 0.1) is 17.9 Å². The Kier molecular flexibility index (Phi) is 10.0. The number of benzene rings is 1. The van der Waals surface area contributed by atoms with Crippen molar-refractivity contribution in [3.8, 4) is 11.8 Å². The number of urea groups is 1. The van der Waals surface area contributed by atoms with Crippen molar-refractivity contribution in [3.63, 3.8) is 0 Å². The number of amides is 3. The van der Waals surface area contributed by atoms with Crippen LogP contribution in [0.3, 0.4) is 0 Å². The van der Waals surface area contributed by atoms with E-state index in [1.165, 1.54) is 12.3 Å². The average Bonchev–Trinajstić information content (AvgIpc) is 2.75. The molecule has 0 saturated heterocycles. The summed E-state index contributed by atoms with van der Waals surface area (Å²) in [5.41, 5.74) is 0.762. The lowest BCUT2D eigenvalue weighted by Gasteiger charge is -2.14. The van der Waals surface area contributed by atoms with E-state index in [-0.39, 0.29) is 5.82 Å². The van der Waals surface area contributed by atoms with Crippen molar-refractivity contribution in [3.05, 3.63) is 47.1 Å². The lowest BCUT2D eigenvalue weighted by molar-refractivity contribution is 0.136. The number of halogens is 1. The highest BCUT2D eigenvalue weighted by molar-refractivity contribution is 6.31. The van der Waals surface area contributed by atoms with E-state index in [0.29, 0.717) is 54.7 Å². The Bertz CT molecular complexity index is 946. The minimum absolute atomic E-state index is 0.287. The molecule has 2 aromatic rings. The highest BCUT2D eigenvalue weighted by Gasteiger charge is 2.10. The molecule has 32 heavy (non-hydrogen) atoms. The SMILES string of the molecule is CN(C)CCOC(=O)NCCCOc1ccc(Cl)cc1NC(=O)Nc1ccc(C#N)cn1. The summed E-state index contributed by atoms with van der Waals surface area (Å²) in [6.45, 7) is 1.64.